The van der Waals surface area contributed by atoms with Gasteiger partial charge in [0.15, 0.2) is 0 Å². The van der Waals surface area contributed by atoms with Gasteiger partial charge in [-0.05, 0) is 30.5 Å². The zero-order valence-corrected chi connectivity index (χ0v) is 14.0. The van der Waals surface area contributed by atoms with Crippen LogP contribution in [-0.2, 0) is 9.59 Å². The Labute approximate surface area is 131 Å². The molecule has 0 heterocycles. The standard InChI is InChI=1S/C16H23ClN2O2/c1-10(2)9-16(4,5)15(21)19-14-7-6-12(8-13(14)17)18-11(3)20/h6-8,10H,9H2,1-5H3,(H,18,20)(H,19,21). The molecule has 2 amide bonds. The van der Waals surface area contributed by atoms with E-state index < -0.39 is 5.41 Å². The molecule has 0 atom stereocenters. The zero-order valence-electron chi connectivity index (χ0n) is 13.2. The minimum absolute atomic E-state index is 0.0645. The summed E-state index contributed by atoms with van der Waals surface area (Å²) in [5.74, 6) is 0.203. The van der Waals surface area contributed by atoms with Crippen LogP contribution in [0.15, 0.2) is 18.2 Å². The highest BCUT2D eigenvalue weighted by Crippen LogP contribution is 2.30. The van der Waals surface area contributed by atoms with Crippen LogP contribution in [0.4, 0.5) is 11.4 Å². The molecule has 0 aromatic heterocycles. The van der Waals surface area contributed by atoms with Crippen LogP contribution >= 0.6 is 11.6 Å². The average Bonchev–Trinajstić information content (AvgIpc) is 2.30. The SMILES string of the molecule is CC(=O)Nc1ccc(NC(=O)C(C)(C)CC(C)C)c(Cl)c1. The molecule has 116 valence electrons. The molecule has 2 N–H and O–H groups in total. The second-order valence-electron chi connectivity index (χ2n) is 6.31. The fourth-order valence-electron chi connectivity index (χ4n) is 2.30. The quantitative estimate of drug-likeness (QED) is 0.851. The van der Waals surface area contributed by atoms with Crippen molar-refractivity contribution >= 4 is 34.8 Å². The number of hydrogen-bond donors (Lipinski definition) is 2. The summed E-state index contributed by atoms with van der Waals surface area (Å²) in [6.07, 6.45) is 0.792. The molecular weight excluding hydrogens is 288 g/mol. The molecule has 0 unspecified atom stereocenters. The van der Waals surface area contributed by atoms with Crippen LogP contribution < -0.4 is 10.6 Å². The van der Waals surface area contributed by atoms with Crippen LogP contribution in [0.5, 0.6) is 0 Å². The largest absolute Gasteiger partial charge is 0.326 e. The molecular formula is C16H23ClN2O2. The fraction of sp³-hybridized carbons (Fsp3) is 0.500. The van der Waals surface area contributed by atoms with E-state index in [4.69, 9.17) is 11.6 Å². The molecule has 1 rings (SSSR count). The van der Waals surface area contributed by atoms with E-state index >= 15 is 0 Å². The average molecular weight is 311 g/mol. The van der Waals surface area contributed by atoms with Crippen LogP contribution in [-0.4, -0.2) is 11.8 Å². The monoisotopic (exact) mass is 310 g/mol. The van der Waals surface area contributed by atoms with E-state index in [9.17, 15) is 9.59 Å². The summed E-state index contributed by atoms with van der Waals surface area (Å²) >= 11 is 6.15. The predicted octanol–water partition coefficient (Wildman–Crippen LogP) is 4.31. The predicted molar refractivity (Wildman–Crippen MR) is 87.6 cm³/mol. The van der Waals surface area contributed by atoms with Crippen molar-refractivity contribution in [3.8, 4) is 0 Å². The van der Waals surface area contributed by atoms with Crippen molar-refractivity contribution in [1.29, 1.82) is 0 Å². The minimum atomic E-state index is -0.464. The zero-order chi connectivity index (χ0) is 16.2. The van der Waals surface area contributed by atoms with Gasteiger partial charge in [-0.1, -0.05) is 39.3 Å². The van der Waals surface area contributed by atoms with Gasteiger partial charge in [-0.3, -0.25) is 9.59 Å². The Balaban J connectivity index is 2.83. The van der Waals surface area contributed by atoms with Crippen LogP contribution in [0.2, 0.25) is 5.02 Å². The van der Waals surface area contributed by atoms with Crippen molar-refractivity contribution < 1.29 is 9.59 Å². The van der Waals surface area contributed by atoms with E-state index in [1.165, 1.54) is 6.92 Å². The van der Waals surface area contributed by atoms with Gasteiger partial charge in [0, 0.05) is 18.0 Å². The lowest BCUT2D eigenvalue weighted by Gasteiger charge is -2.25. The van der Waals surface area contributed by atoms with Crippen LogP contribution in [0.1, 0.15) is 41.0 Å². The van der Waals surface area contributed by atoms with Gasteiger partial charge in [-0.15, -0.1) is 0 Å². The van der Waals surface area contributed by atoms with Crippen molar-refractivity contribution in [3.05, 3.63) is 23.2 Å². The summed E-state index contributed by atoms with van der Waals surface area (Å²) in [5, 5.41) is 5.90. The fourth-order valence-corrected chi connectivity index (χ4v) is 2.53. The second-order valence-corrected chi connectivity index (χ2v) is 6.72. The molecule has 0 saturated carbocycles. The topological polar surface area (TPSA) is 58.2 Å². The molecule has 4 nitrogen and oxygen atoms in total. The number of benzene rings is 1. The van der Waals surface area contributed by atoms with E-state index in [0.717, 1.165) is 6.42 Å². The third-order valence-electron chi connectivity index (χ3n) is 3.07. The molecule has 5 heteroatoms. The lowest BCUT2D eigenvalue weighted by Crippen LogP contribution is -2.32. The Bertz CT molecular complexity index is 539. The van der Waals surface area contributed by atoms with E-state index in [0.29, 0.717) is 22.3 Å². The summed E-state index contributed by atoms with van der Waals surface area (Å²) < 4.78 is 0. The van der Waals surface area contributed by atoms with Gasteiger partial charge in [0.05, 0.1) is 10.7 Å². The summed E-state index contributed by atoms with van der Waals surface area (Å²) in [5.41, 5.74) is 0.688. The molecule has 1 aromatic rings. The number of anilines is 2. The highest BCUT2D eigenvalue weighted by molar-refractivity contribution is 6.34. The number of carbonyl (C=O) groups is 2. The molecule has 0 bridgehead atoms. The molecule has 0 aliphatic carbocycles. The van der Waals surface area contributed by atoms with Crippen molar-refractivity contribution in [3.63, 3.8) is 0 Å². The third-order valence-corrected chi connectivity index (χ3v) is 3.38. The number of halogens is 1. The van der Waals surface area contributed by atoms with Gasteiger partial charge >= 0.3 is 0 Å². The summed E-state index contributed by atoms with van der Waals surface area (Å²) in [6, 6.07) is 5.02. The van der Waals surface area contributed by atoms with E-state index in [1.54, 1.807) is 18.2 Å². The second kappa shape index (κ2) is 6.94. The summed E-state index contributed by atoms with van der Waals surface area (Å²) in [6.45, 7) is 9.44. The molecule has 0 aliphatic rings. The summed E-state index contributed by atoms with van der Waals surface area (Å²) in [7, 11) is 0. The maximum absolute atomic E-state index is 12.3. The van der Waals surface area contributed by atoms with Gasteiger partial charge in [-0.25, -0.2) is 0 Å². The van der Waals surface area contributed by atoms with Crippen molar-refractivity contribution in [2.75, 3.05) is 10.6 Å². The lowest BCUT2D eigenvalue weighted by molar-refractivity contribution is -0.124. The summed E-state index contributed by atoms with van der Waals surface area (Å²) in [4.78, 5) is 23.3. The molecule has 0 spiro atoms. The van der Waals surface area contributed by atoms with E-state index in [-0.39, 0.29) is 11.8 Å². The normalized spacial score (nSPS) is 11.4. The Kier molecular flexibility index (Phi) is 5.78. The lowest BCUT2D eigenvalue weighted by atomic mass is 9.83. The van der Waals surface area contributed by atoms with Gasteiger partial charge < -0.3 is 10.6 Å². The molecule has 0 fully saturated rings. The third kappa shape index (κ3) is 5.38. The highest BCUT2D eigenvalue weighted by Gasteiger charge is 2.28. The first-order valence-corrected chi connectivity index (χ1v) is 7.38. The van der Waals surface area contributed by atoms with Crippen LogP contribution in [0, 0.1) is 11.3 Å². The maximum atomic E-state index is 12.3. The number of carbonyl (C=O) groups excluding carboxylic acids is 2. The molecule has 21 heavy (non-hydrogen) atoms. The van der Waals surface area contributed by atoms with E-state index in [2.05, 4.69) is 24.5 Å². The van der Waals surface area contributed by atoms with Crippen LogP contribution in [0.3, 0.4) is 0 Å². The Morgan fingerprint density at radius 3 is 2.33 bits per heavy atom. The molecule has 1 aromatic carbocycles. The molecule has 0 aliphatic heterocycles. The van der Waals surface area contributed by atoms with Gasteiger partial charge in [0.1, 0.15) is 0 Å². The van der Waals surface area contributed by atoms with Gasteiger partial charge in [-0.2, -0.15) is 0 Å². The number of hydrogen-bond acceptors (Lipinski definition) is 2. The Hall–Kier alpha value is -1.55. The number of amides is 2. The molecule has 0 radical (unpaired) electrons. The number of rotatable bonds is 5. The Morgan fingerprint density at radius 1 is 1.24 bits per heavy atom. The van der Waals surface area contributed by atoms with Gasteiger partial charge in [0.2, 0.25) is 11.8 Å². The first kappa shape index (κ1) is 17.5. The first-order chi connectivity index (χ1) is 9.61. The molecule has 0 saturated heterocycles. The van der Waals surface area contributed by atoms with Crippen molar-refractivity contribution in [2.24, 2.45) is 11.3 Å². The first-order valence-electron chi connectivity index (χ1n) is 7.00. The number of nitrogens with one attached hydrogen (secondary N) is 2. The Morgan fingerprint density at radius 2 is 1.86 bits per heavy atom. The maximum Gasteiger partial charge on any atom is 0.230 e. The van der Waals surface area contributed by atoms with E-state index in [1.807, 2.05) is 13.8 Å². The highest BCUT2D eigenvalue weighted by atomic mass is 35.5. The smallest absolute Gasteiger partial charge is 0.230 e. The van der Waals surface area contributed by atoms with Gasteiger partial charge in [0.25, 0.3) is 0 Å². The van der Waals surface area contributed by atoms with Crippen LogP contribution in [0.25, 0.3) is 0 Å². The van der Waals surface area contributed by atoms with Crippen molar-refractivity contribution in [1.82, 2.24) is 0 Å². The van der Waals surface area contributed by atoms with Crippen molar-refractivity contribution in [2.45, 2.75) is 41.0 Å². The minimum Gasteiger partial charge on any atom is -0.326 e.